The molecule has 2 aromatic rings. The molecule has 1 unspecified atom stereocenters. The number of benzene rings is 1. The highest BCUT2D eigenvalue weighted by atomic mass is 79.9. The second kappa shape index (κ2) is 11.0. The van der Waals surface area contributed by atoms with Crippen LogP contribution in [0.15, 0.2) is 50.5 Å². The number of aromatic nitrogens is 1. The topological polar surface area (TPSA) is 138 Å². The van der Waals surface area contributed by atoms with E-state index in [1.165, 1.54) is 28.8 Å². The predicted octanol–water partition coefficient (Wildman–Crippen LogP) is 3.86. The van der Waals surface area contributed by atoms with Gasteiger partial charge in [-0.2, -0.15) is 0 Å². The van der Waals surface area contributed by atoms with Gasteiger partial charge in [-0.1, -0.05) is 12.1 Å². The first-order valence-corrected chi connectivity index (χ1v) is 15.9. The van der Waals surface area contributed by atoms with Gasteiger partial charge < -0.3 is 15.2 Å². The van der Waals surface area contributed by atoms with Gasteiger partial charge in [0.25, 0.3) is 0 Å². The fourth-order valence-corrected chi connectivity index (χ4v) is 8.93. The lowest BCUT2D eigenvalue weighted by atomic mass is 9.70. The number of thiazole rings is 1. The molecule has 1 saturated heterocycles. The van der Waals surface area contributed by atoms with Gasteiger partial charge >= 0.3 is 11.9 Å². The van der Waals surface area contributed by atoms with Crippen molar-refractivity contribution in [3.8, 4) is 0 Å². The zero-order chi connectivity index (χ0) is 28.8. The smallest absolute Gasteiger partial charge is 0.338 e. The van der Waals surface area contributed by atoms with Crippen LogP contribution in [0.25, 0.3) is 0 Å². The second-order valence-corrected chi connectivity index (χ2v) is 14.3. The van der Waals surface area contributed by atoms with E-state index >= 15 is 0 Å². The summed E-state index contributed by atoms with van der Waals surface area (Å²) in [6.45, 7) is 1.99. The van der Waals surface area contributed by atoms with Crippen molar-refractivity contribution >= 4 is 55.1 Å². The standard InChI is InChI=1S/C26H28BrFN4O6S2/c1-26(25(34)35)12-15(13-26)40(36,37)32-9-6-14(7-10-32)20-18(24(33)38-2)21(16-4-3-5-17(28)19(16)27)31-22(30-20)23-29-8-11-39-23/h3-5,8,11,14-15,21H,6-7,9-10,12-13H2,1-2H3,(H,30,31)(H,34,35)/t15-,21?,26+. The minimum Gasteiger partial charge on any atom is -0.481 e. The number of hydrogen-bond donors (Lipinski definition) is 2. The van der Waals surface area contributed by atoms with E-state index in [-0.39, 0.29) is 41.9 Å². The third-order valence-corrected chi connectivity index (χ3v) is 11.8. The van der Waals surface area contributed by atoms with E-state index in [1.54, 1.807) is 30.6 Å². The molecule has 0 bridgehead atoms. The first-order valence-electron chi connectivity index (χ1n) is 12.7. The molecule has 3 aliphatic rings. The molecule has 2 N–H and O–H groups in total. The third kappa shape index (κ3) is 5.10. The number of hydrogen-bond acceptors (Lipinski definition) is 9. The summed E-state index contributed by atoms with van der Waals surface area (Å²) in [6, 6.07) is 3.65. The number of halogens is 2. The summed E-state index contributed by atoms with van der Waals surface area (Å²) in [6.07, 6.45) is 2.62. The number of rotatable bonds is 7. The fraction of sp³-hybridized carbons (Fsp3) is 0.462. The molecule has 1 aromatic heterocycles. The van der Waals surface area contributed by atoms with Crippen molar-refractivity contribution in [3.63, 3.8) is 0 Å². The van der Waals surface area contributed by atoms with Crippen LogP contribution in [-0.2, 0) is 24.3 Å². The SMILES string of the molecule is COC(=O)C1=C(C2CCN(S(=O)(=O)[C@H]3C[C@@](C)(C(=O)O)C3)CC2)NC(c2nccs2)=NC1c1cccc(F)c1Br. The molecule has 0 spiro atoms. The van der Waals surface area contributed by atoms with Gasteiger partial charge in [0, 0.05) is 36.3 Å². The van der Waals surface area contributed by atoms with Gasteiger partial charge in [-0.05, 0) is 60.2 Å². The minimum absolute atomic E-state index is 0.0849. The van der Waals surface area contributed by atoms with Gasteiger partial charge in [0.2, 0.25) is 10.0 Å². The quantitative estimate of drug-likeness (QED) is 0.429. The number of sulfonamides is 1. The number of nitrogens with one attached hydrogen (secondary N) is 1. The van der Waals surface area contributed by atoms with Crippen LogP contribution in [0.3, 0.4) is 0 Å². The van der Waals surface area contributed by atoms with E-state index in [0.29, 0.717) is 34.9 Å². The van der Waals surface area contributed by atoms with Crippen LogP contribution in [0.2, 0.25) is 0 Å². The number of carbonyl (C=O) groups excluding carboxylic acids is 1. The van der Waals surface area contributed by atoms with Crippen LogP contribution < -0.4 is 5.32 Å². The van der Waals surface area contributed by atoms with Crippen LogP contribution in [-0.4, -0.2) is 66.0 Å². The molecule has 1 aliphatic carbocycles. The highest BCUT2D eigenvalue weighted by Gasteiger charge is 2.53. The lowest BCUT2D eigenvalue weighted by Crippen LogP contribution is -2.54. The number of piperidine rings is 1. The van der Waals surface area contributed by atoms with Crippen molar-refractivity contribution in [1.82, 2.24) is 14.6 Å². The number of methoxy groups -OCH3 is 1. The minimum atomic E-state index is -3.67. The van der Waals surface area contributed by atoms with E-state index in [2.05, 4.69) is 26.2 Å². The molecular weight excluding hydrogens is 627 g/mol. The summed E-state index contributed by atoms with van der Waals surface area (Å²) in [5.41, 5.74) is 0.201. The summed E-state index contributed by atoms with van der Waals surface area (Å²) in [5, 5.41) is 14.3. The molecule has 1 atom stereocenters. The number of carbonyl (C=O) groups is 2. The molecule has 1 aromatic carbocycles. The maximum atomic E-state index is 14.6. The van der Waals surface area contributed by atoms with Gasteiger partial charge in [-0.15, -0.1) is 11.3 Å². The summed E-state index contributed by atoms with van der Waals surface area (Å²) >= 11 is 4.67. The average Bonchev–Trinajstić information content (AvgIpc) is 3.47. The normalized spacial score (nSPS) is 26.1. The summed E-state index contributed by atoms with van der Waals surface area (Å²) in [7, 11) is -2.40. The van der Waals surface area contributed by atoms with E-state index in [9.17, 15) is 27.5 Å². The Morgan fingerprint density at radius 3 is 2.58 bits per heavy atom. The van der Waals surface area contributed by atoms with Crippen LogP contribution >= 0.6 is 27.3 Å². The van der Waals surface area contributed by atoms with Crippen LogP contribution in [0.4, 0.5) is 4.39 Å². The first-order chi connectivity index (χ1) is 19.0. The maximum absolute atomic E-state index is 14.6. The van der Waals surface area contributed by atoms with E-state index in [4.69, 9.17) is 9.73 Å². The van der Waals surface area contributed by atoms with Crippen molar-refractivity contribution in [3.05, 3.63) is 61.9 Å². The van der Waals surface area contributed by atoms with E-state index < -0.39 is 44.5 Å². The van der Waals surface area contributed by atoms with Crippen LogP contribution in [0, 0.1) is 17.2 Å². The lowest BCUT2D eigenvalue weighted by Gasteiger charge is -2.44. The van der Waals surface area contributed by atoms with Gasteiger partial charge in [0.15, 0.2) is 10.8 Å². The van der Waals surface area contributed by atoms with Crippen molar-refractivity contribution in [2.24, 2.45) is 16.3 Å². The van der Waals surface area contributed by atoms with Crippen LogP contribution in [0.5, 0.6) is 0 Å². The molecule has 214 valence electrons. The summed E-state index contributed by atoms with van der Waals surface area (Å²) in [5.74, 6) is -1.92. The Balaban J connectivity index is 1.46. The average molecular weight is 656 g/mol. The molecular formula is C26H28BrFN4O6S2. The van der Waals surface area contributed by atoms with E-state index in [0.717, 1.165) is 0 Å². The highest BCUT2D eigenvalue weighted by molar-refractivity contribution is 9.10. The molecule has 0 amide bonds. The molecule has 1 saturated carbocycles. The number of allylic oxidation sites excluding steroid dienone is 1. The van der Waals surface area contributed by atoms with Crippen molar-refractivity contribution in [2.45, 2.75) is 43.9 Å². The molecule has 3 heterocycles. The molecule has 0 radical (unpaired) electrons. The number of ether oxygens (including phenoxy) is 1. The number of esters is 1. The summed E-state index contributed by atoms with van der Waals surface area (Å²) < 4.78 is 47.8. The third-order valence-electron chi connectivity index (χ3n) is 7.91. The number of carboxylic acids is 1. The van der Waals surface area contributed by atoms with Gasteiger partial charge in [0.05, 0.1) is 27.8 Å². The van der Waals surface area contributed by atoms with E-state index in [1.807, 2.05) is 0 Å². The zero-order valence-electron chi connectivity index (χ0n) is 21.8. The molecule has 2 fully saturated rings. The fourth-order valence-electron chi connectivity index (χ4n) is 5.57. The summed E-state index contributed by atoms with van der Waals surface area (Å²) in [4.78, 5) is 33.8. The van der Waals surface area contributed by atoms with Gasteiger partial charge in [0.1, 0.15) is 11.9 Å². The predicted molar refractivity (Wildman–Crippen MR) is 150 cm³/mol. The second-order valence-electron chi connectivity index (χ2n) is 10.4. The number of amidine groups is 1. The molecule has 40 heavy (non-hydrogen) atoms. The molecule has 5 rings (SSSR count). The monoisotopic (exact) mass is 654 g/mol. The Morgan fingerprint density at radius 2 is 1.98 bits per heavy atom. The van der Waals surface area contributed by atoms with Gasteiger partial charge in [-0.25, -0.2) is 26.9 Å². The van der Waals surface area contributed by atoms with Crippen molar-refractivity contribution in [2.75, 3.05) is 20.2 Å². The number of carboxylic acid groups (broad SMARTS) is 1. The zero-order valence-corrected chi connectivity index (χ0v) is 25.0. The first kappa shape index (κ1) is 28.8. The molecule has 2 aliphatic heterocycles. The van der Waals surface area contributed by atoms with Crippen molar-refractivity contribution in [1.29, 1.82) is 0 Å². The molecule has 14 heteroatoms. The number of aliphatic imine (C=N–C) groups is 1. The Bertz CT molecular complexity index is 1500. The van der Waals surface area contributed by atoms with Gasteiger partial charge in [-0.3, -0.25) is 9.79 Å². The number of aliphatic carboxylic acids is 1. The van der Waals surface area contributed by atoms with Crippen molar-refractivity contribution < 1.29 is 32.2 Å². The largest absolute Gasteiger partial charge is 0.481 e. The van der Waals surface area contributed by atoms with Crippen LogP contribution in [0.1, 0.15) is 49.2 Å². The maximum Gasteiger partial charge on any atom is 0.338 e. The number of nitrogens with zero attached hydrogens (tertiary/aromatic N) is 3. The Labute approximate surface area is 243 Å². The molecule has 10 nitrogen and oxygen atoms in total. The Hall–Kier alpha value is -2.68. The highest BCUT2D eigenvalue weighted by Crippen LogP contribution is 2.46. The Kier molecular flexibility index (Phi) is 7.89. The lowest BCUT2D eigenvalue weighted by molar-refractivity contribution is -0.152. The Morgan fingerprint density at radius 1 is 1.27 bits per heavy atom.